The standard InChI is InChI=1S/C22H24ClNO3/c23-19-9-10-21(27-14-13-24-11-5-2-6-12-24)18(15-19)16-20(22(25)26)17-7-3-1-4-8-17/h1,3-4,7-10,15-16H,2,5-6,11-14H2,(H,25,26)/b20-16-. The van der Waals surface area contributed by atoms with Crippen LogP contribution in [0, 0.1) is 0 Å². The molecule has 0 saturated carbocycles. The van der Waals surface area contributed by atoms with Gasteiger partial charge >= 0.3 is 5.97 Å². The van der Waals surface area contributed by atoms with Crippen molar-refractivity contribution in [3.63, 3.8) is 0 Å². The number of halogens is 1. The molecule has 1 fully saturated rings. The van der Waals surface area contributed by atoms with Crippen LogP contribution in [-0.4, -0.2) is 42.2 Å². The summed E-state index contributed by atoms with van der Waals surface area (Å²) in [6.07, 6.45) is 5.42. The van der Waals surface area contributed by atoms with Gasteiger partial charge in [-0.05, 0) is 55.8 Å². The first kappa shape index (κ1) is 19.5. The average Bonchev–Trinajstić information content (AvgIpc) is 2.69. The van der Waals surface area contributed by atoms with Crippen LogP contribution >= 0.6 is 11.6 Å². The highest BCUT2D eigenvalue weighted by molar-refractivity contribution is 6.31. The summed E-state index contributed by atoms with van der Waals surface area (Å²) in [5, 5.41) is 10.2. The molecule has 142 valence electrons. The highest BCUT2D eigenvalue weighted by atomic mass is 35.5. The number of ether oxygens (including phenoxy) is 1. The lowest BCUT2D eigenvalue weighted by atomic mass is 10.0. The highest BCUT2D eigenvalue weighted by Crippen LogP contribution is 2.28. The van der Waals surface area contributed by atoms with Gasteiger partial charge in [-0.3, -0.25) is 4.90 Å². The van der Waals surface area contributed by atoms with E-state index in [9.17, 15) is 9.90 Å². The summed E-state index contributed by atoms with van der Waals surface area (Å²) in [5.41, 5.74) is 1.52. The molecule has 0 radical (unpaired) electrons. The molecule has 1 N–H and O–H groups in total. The molecule has 0 atom stereocenters. The van der Waals surface area contributed by atoms with Gasteiger partial charge in [-0.2, -0.15) is 0 Å². The van der Waals surface area contributed by atoms with Gasteiger partial charge in [0.25, 0.3) is 0 Å². The minimum Gasteiger partial charge on any atom is -0.492 e. The number of benzene rings is 2. The van der Waals surface area contributed by atoms with Crippen molar-refractivity contribution in [2.45, 2.75) is 19.3 Å². The Morgan fingerprint density at radius 1 is 1.11 bits per heavy atom. The molecular weight excluding hydrogens is 362 g/mol. The molecule has 0 unspecified atom stereocenters. The summed E-state index contributed by atoms with van der Waals surface area (Å²) in [4.78, 5) is 14.2. The van der Waals surface area contributed by atoms with Gasteiger partial charge < -0.3 is 9.84 Å². The number of rotatable bonds is 7. The molecular formula is C22H24ClNO3. The van der Waals surface area contributed by atoms with Crippen LogP contribution in [-0.2, 0) is 4.79 Å². The van der Waals surface area contributed by atoms with Crippen molar-refractivity contribution in [1.29, 1.82) is 0 Å². The highest BCUT2D eigenvalue weighted by Gasteiger charge is 2.13. The SMILES string of the molecule is O=C(O)/C(=C\c1cc(Cl)ccc1OCCN1CCCCC1)c1ccccc1. The molecule has 5 heteroatoms. The van der Waals surface area contributed by atoms with Crippen LogP contribution in [0.2, 0.25) is 5.02 Å². The molecule has 0 spiro atoms. The van der Waals surface area contributed by atoms with Crippen molar-refractivity contribution < 1.29 is 14.6 Å². The predicted octanol–water partition coefficient (Wildman–Crippen LogP) is 4.83. The van der Waals surface area contributed by atoms with Crippen LogP contribution in [0.5, 0.6) is 5.75 Å². The molecule has 3 rings (SSSR count). The number of carboxylic acids is 1. The quantitative estimate of drug-likeness (QED) is 0.547. The van der Waals surface area contributed by atoms with Crippen LogP contribution in [0.25, 0.3) is 11.6 Å². The van der Waals surface area contributed by atoms with E-state index < -0.39 is 5.97 Å². The fourth-order valence-corrected chi connectivity index (χ4v) is 3.45. The number of carbonyl (C=O) groups is 1. The zero-order valence-corrected chi connectivity index (χ0v) is 16.0. The second-order valence-electron chi connectivity index (χ2n) is 6.66. The number of aliphatic carboxylic acids is 1. The lowest BCUT2D eigenvalue weighted by molar-refractivity contribution is -0.130. The second-order valence-corrected chi connectivity index (χ2v) is 7.10. The van der Waals surface area contributed by atoms with E-state index in [1.165, 1.54) is 19.3 Å². The Morgan fingerprint density at radius 3 is 2.56 bits per heavy atom. The Labute approximate surface area is 165 Å². The van der Waals surface area contributed by atoms with E-state index in [1.807, 2.05) is 18.2 Å². The van der Waals surface area contributed by atoms with Crippen molar-refractivity contribution in [3.05, 3.63) is 64.7 Å². The van der Waals surface area contributed by atoms with Crippen molar-refractivity contribution >= 4 is 29.2 Å². The zero-order chi connectivity index (χ0) is 19.1. The fourth-order valence-electron chi connectivity index (χ4n) is 3.27. The molecule has 0 aliphatic carbocycles. The number of piperidine rings is 1. The molecule has 0 amide bonds. The summed E-state index contributed by atoms with van der Waals surface area (Å²) in [7, 11) is 0. The topological polar surface area (TPSA) is 49.8 Å². The van der Waals surface area contributed by atoms with Gasteiger partial charge in [0.2, 0.25) is 0 Å². The van der Waals surface area contributed by atoms with E-state index in [0.717, 1.165) is 19.6 Å². The summed E-state index contributed by atoms with van der Waals surface area (Å²) >= 11 is 6.14. The van der Waals surface area contributed by atoms with Gasteiger partial charge in [0.05, 0.1) is 5.57 Å². The Kier molecular flexibility index (Phi) is 6.91. The Bertz CT molecular complexity index is 798. The largest absolute Gasteiger partial charge is 0.492 e. The van der Waals surface area contributed by atoms with Crippen molar-refractivity contribution in [3.8, 4) is 5.75 Å². The first-order chi connectivity index (χ1) is 13.1. The van der Waals surface area contributed by atoms with Crippen molar-refractivity contribution in [2.24, 2.45) is 0 Å². The Balaban J connectivity index is 1.79. The molecule has 0 aromatic heterocycles. The summed E-state index contributed by atoms with van der Waals surface area (Å²) < 4.78 is 5.97. The lowest BCUT2D eigenvalue weighted by Crippen LogP contribution is -2.33. The molecule has 1 aliphatic rings. The first-order valence-electron chi connectivity index (χ1n) is 9.28. The van der Waals surface area contributed by atoms with Crippen molar-refractivity contribution in [1.82, 2.24) is 4.90 Å². The molecule has 4 nitrogen and oxygen atoms in total. The van der Waals surface area contributed by atoms with E-state index in [0.29, 0.717) is 28.5 Å². The maximum absolute atomic E-state index is 11.8. The van der Waals surface area contributed by atoms with Gasteiger partial charge in [-0.15, -0.1) is 0 Å². The van der Waals surface area contributed by atoms with Gasteiger partial charge in [-0.25, -0.2) is 4.79 Å². The normalized spacial score (nSPS) is 15.5. The fraction of sp³-hybridized carbons (Fsp3) is 0.318. The maximum atomic E-state index is 11.8. The van der Waals surface area contributed by atoms with E-state index in [4.69, 9.17) is 16.3 Å². The number of likely N-dealkylation sites (tertiary alicyclic amines) is 1. The van der Waals surface area contributed by atoms with Gasteiger partial charge in [0.15, 0.2) is 0 Å². The lowest BCUT2D eigenvalue weighted by Gasteiger charge is -2.26. The monoisotopic (exact) mass is 385 g/mol. The van der Waals surface area contributed by atoms with E-state index >= 15 is 0 Å². The van der Waals surface area contributed by atoms with Crippen LogP contribution in [0.15, 0.2) is 48.5 Å². The van der Waals surface area contributed by atoms with Crippen molar-refractivity contribution in [2.75, 3.05) is 26.2 Å². The van der Waals surface area contributed by atoms with E-state index in [-0.39, 0.29) is 5.57 Å². The average molecular weight is 386 g/mol. The molecule has 1 heterocycles. The van der Waals surface area contributed by atoms with Gasteiger partial charge in [-0.1, -0.05) is 48.4 Å². The minimum atomic E-state index is -0.986. The van der Waals surface area contributed by atoms with Crippen LogP contribution in [0.1, 0.15) is 30.4 Å². The first-order valence-corrected chi connectivity index (χ1v) is 9.66. The van der Waals surface area contributed by atoms with Gasteiger partial charge in [0, 0.05) is 17.1 Å². The third-order valence-electron chi connectivity index (χ3n) is 4.70. The molecule has 2 aromatic rings. The number of hydrogen-bond acceptors (Lipinski definition) is 3. The molecule has 1 aliphatic heterocycles. The minimum absolute atomic E-state index is 0.207. The summed E-state index contributed by atoms with van der Waals surface area (Å²) in [5.74, 6) is -0.341. The zero-order valence-electron chi connectivity index (χ0n) is 15.2. The molecule has 0 bridgehead atoms. The van der Waals surface area contributed by atoms with E-state index in [1.54, 1.807) is 36.4 Å². The molecule has 2 aromatic carbocycles. The summed E-state index contributed by atoms with van der Waals surface area (Å²) in [6, 6.07) is 14.4. The number of nitrogens with zero attached hydrogens (tertiary/aromatic N) is 1. The Morgan fingerprint density at radius 2 is 1.85 bits per heavy atom. The maximum Gasteiger partial charge on any atom is 0.336 e. The van der Waals surface area contributed by atoms with E-state index in [2.05, 4.69) is 4.90 Å². The number of hydrogen-bond donors (Lipinski definition) is 1. The van der Waals surface area contributed by atoms with Gasteiger partial charge in [0.1, 0.15) is 12.4 Å². The number of carboxylic acid groups (broad SMARTS) is 1. The molecule has 27 heavy (non-hydrogen) atoms. The van der Waals surface area contributed by atoms with Crippen LogP contribution < -0.4 is 4.74 Å². The molecule has 1 saturated heterocycles. The predicted molar refractivity (Wildman–Crippen MR) is 109 cm³/mol. The third-order valence-corrected chi connectivity index (χ3v) is 4.94. The second kappa shape index (κ2) is 9.58. The Hall–Kier alpha value is -2.30. The van der Waals surface area contributed by atoms with Crippen LogP contribution in [0.4, 0.5) is 0 Å². The summed E-state index contributed by atoms with van der Waals surface area (Å²) in [6.45, 7) is 3.67. The smallest absolute Gasteiger partial charge is 0.336 e. The van der Waals surface area contributed by atoms with Crippen LogP contribution in [0.3, 0.4) is 0 Å². The third kappa shape index (κ3) is 5.59.